The molecule has 0 saturated carbocycles. The third kappa shape index (κ3) is 11.9. The van der Waals surface area contributed by atoms with E-state index in [0.29, 0.717) is 0 Å². The van der Waals surface area contributed by atoms with Gasteiger partial charge in [-0.05, 0) is 39.4 Å². The number of hydrogen-bond donors (Lipinski definition) is 0. The first-order valence-corrected chi connectivity index (χ1v) is 19.7. The predicted molar refractivity (Wildman–Crippen MR) is 231 cm³/mol. The Bertz CT molecular complexity index is 1780. The number of benzene rings is 4. The first-order chi connectivity index (χ1) is 23.1. The second-order valence-electron chi connectivity index (χ2n) is 17.6. The first-order valence-electron chi connectivity index (χ1n) is 17.7. The van der Waals surface area contributed by atoms with Crippen LogP contribution < -0.4 is 0 Å². The fourth-order valence-electron chi connectivity index (χ4n) is 6.42. The Morgan fingerprint density at radius 2 is 1.10 bits per heavy atom. The van der Waals surface area contributed by atoms with Crippen LogP contribution in [0.5, 0.6) is 0 Å². The van der Waals surface area contributed by atoms with Crippen molar-refractivity contribution in [1.29, 1.82) is 0 Å². The minimum atomic E-state index is 0. The van der Waals surface area contributed by atoms with Gasteiger partial charge in [-0.3, -0.25) is 6.08 Å². The summed E-state index contributed by atoms with van der Waals surface area (Å²) in [6, 6.07) is 27.2. The standard InChI is InChI=1S/C29H41.C13H8Cl2.C5H5.2ClH.Zr/c1-26(2,3)22-14-18-13-19-15-23(27(4,5)6)25(29(10,11)12)17-21(19)20(18)16-24(22)28(7,8)9;14-12-5-1-3-10(8-12)7-11-4-2-6-13(15)9-11;1-2-4-5-3-1;;;/h14,16-17H,13H2,1-12H3;1-6,8-9H;1-3H,4H2;2*1H;/q-1;;-1;;;+2. The van der Waals surface area contributed by atoms with E-state index in [9.17, 15) is 0 Å². The monoisotopic (exact) mass is 850 g/mol. The molecule has 5 heteroatoms. The fourth-order valence-corrected chi connectivity index (χ4v) is 7.56. The topological polar surface area (TPSA) is 0 Å². The van der Waals surface area contributed by atoms with Crippen LogP contribution in [0.1, 0.15) is 134 Å². The second kappa shape index (κ2) is 18.3. The van der Waals surface area contributed by atoms with Crippen LogP contribution in [0.2, 0.25) is 10.0 Å². The average molecular weight is 854 g/mol. The molecule has 0 atom stereocenters. The van der Waals surface area contributed by atoms with Crippen LogP contribution >= 0.6 is 48.0 Å². The number of halogens is 4. The molecule has 0 bridgehead atoms. The SMILES string of the molecule is CC(C)(C)c1[c-]c2c(cc1C(C)(C)C)-c1cc(C(C)(C)C)c(C(C)(C)C)cc1C2.Cl.Cl.Clc1cccc([C](=[Zr+2])c2cccc(Cl)c2)c1.[C-]1=CC=CC1. The molecule has 0 aliphatic heterocycles. The molecular weight excluding hydrogens is 798 g/mol. The summed E-state index contributed by atoms with van der Waals surface area (Å²) in [5.41, 5.74) is 14.3. The Balaban J connectivity index is 0.000000340. The van der Waals surface area contributed by atoms with Crippen molar-refractivity contribution < 1.29 is 24.2 Å². The van der Waals surface area contributed by atoms with Crippen LogP contribution in [0, 0.1) is 12.1 Å². The van der Waals surface area contributed by atoms with Crippen molar-refractivity contribution >= 4 is 51.2 Å². The van der Waals surface area contributed by atoms with Gasteiger partial charge in [0, 0.05) is 0 Å². The summed E-state index contributed by atoms with van der Waals surface area (Å²) in [5.74, 6) is 0. The van der Waals surface area contributed by atoms with E-state index in [-0.39, 0.29) is 46.5 Å². The minimum Gasteiger partial charge on any atom is -0.273 e. The van der Waals surface area contributed by atoms with Gasteiger partial charge in [-0.1, -0.05) is 106 Å². The minimum absolute atomic E-state index is 0. The third-order valence-corrected chi connectivity index (χ3v) is 10.9. The Morgan fingerprint density at radius 3 is 1.48 bits per heavy atom. The maximum Gasteiger partial charge on any atom is -0.109 e. The molecule has 52 heavy (non-hydrogen) atoms. The summed E-state index contributed by atoms with van der Waals surface area (Å²) in [6.07, 6.45) is 11.0. The summed E-state index contributed by atoms with van der Waals surface area (Å²) in [6.45, 7) is 28.0. The zero-order chi connectivity index (χ0) is 37.2. The fraction of sp³-hybridized carbons (Fsp3) is 0.383. The summed E-state index contributed by atoms with van der Waals surface area (Å²) < 4.78 is 1.26. The molecule has 0 nitrogen and oxygen atoms in total. The van der Waals surface area contributed by atoms with Gasteiger partial charge in [0.25, 0.3) is 0 Å². The molecule has 0 unspecified atom stereocenters. The van der Waals surface area contributed by atoms with E-state index >= 15 is 0 Å². The number of rotatable bonds is 2. The van der Waals surface area contributed by atoms with E-state index in [1.807, 2.05) is 48.6 Å². The molecule has 0 N–H and O–H groups in total. The molecule has 0 aromatic heterocycles. The number of allylic oxidation sites excluding steroid dienone is 4. The van der Waals surface area contributed by atoms with Crippen molar-refractivity contribution in [2.75, 3.05) is 0 Å². The van der Waals surface area contributed by atoms with Gasteiger partial charge in [-0.15, -0.1) is 47.9 Å². The Hall–Kier alpha value is -1.73. The Morgan fingerprint density at radius 1 is 0.615 bits per heavy atom. The van der Waals surface area contributed by atoms with E-state index in [2.05, 4.69) is 132 Å². The van der Waals surface area contributed by atoms with Gasteiger partial charge in [0.2, 0.25) is 0 Å². The summed E-state index contributed by atoms with van der Waals surface area (Å²) in [7, 11) is 0. The van der Waals surface area contributed by atoms with Crippen LogP contribution in [0.3, 0.4) is 0 Å². The molecule has 4 aromatic carbocycles. The van der Waals surface area contributed by atoms with Gasteiger partial charge >= 0.3 is 120 Å². The number of fused-ring (bicyclic) bond motifs is 3. The van der Waals surface area contributed by atoms with Crippen LogP contribution in [0.25, 0.3) is 11.1 Å². The summed E-state index contributed by atoms with van der Waals surface area (Å²) in [5, 5.41) is 1.53. The summed E-state index contributed by atoms with van der Waals surface area (Å²) in [4.78, 5) is 0. The second-order valence-corrected chi connectivity index (χ2v) is 19.7. The predicted octanol–water partition coefficient (Wildman–Crippen LogP) is 14.5. The molecule has 4 aromatic rings. The molecule has 0 radical (unpaired) electrons. The average Bonchev–Trinajstić information content (AvgIpc) is 3.70. The van der Waals surface area contributed by atoms with E-state index in [0.717, 1.165) is 34.0 Å². The molecule has 0 spiro atoms. The molecule has 0 fully saturated rings. The largest absolute Gasteiger partial charge is 0.273 e. The van der Waals surface area contributed by atoms with Crippen LogP contribution in [0.15, 0.2) is 85.0 Å². The van der Waals surface area contributed by atoms with E-state index in [1.54, 1.807) is 0 Å². The van der Waals surface area contributed by atoms with Gasteiger partial charge in [-0.2, -0.15) is 23.8 Å². The molecule has 2 aliphatic rings. The van der Waals surface area contributed by atoms with Crippen LogP contribution in [-0.4, -0.2) is 3.21 Å². The van der Waals surface area contributed by atoms with Crippen molar-refractivity contribution in [2.45, 2.75) is 118 Å². The summed E-state index contributed by atoms with van der Waals surface area (Å²) >= 11 is 13.3. The van der Waals surface area contributed by atoms with Gasteiger partial charge in [-0.25, -0.2) is 12.2 Å². The van der Waals surface area contributed by atoms with Crippen molar-refractivity contribution in [3.8, 4) is 11.1 Å². The molecule has 0 amide bonds. The van der Waals surface area contributed by atoms with Crippen LogP contribution in [0.4, 0.5) is 0 Å². The smallest absolute Gasteiger partial charge is 0.109 e. The van der Waals surface area contributed by atoms with E-state index in [1.165, 1.54) is 71.9 Å². The molecular formula is C47H56Cl4Zr. The van der Waals surface area contributed by atoms with Gasteiger partial charge in [0.1, 0.15) is 0 Å². The normalized spacial score (nSPS) is 13.1. The van der Waals surface area contributed by atoms with Crippen molar-refractivity contribution in [3.63, 3.8) is 0 Å². The number of hydrogen-bond acceptors (Lipinski definition) is 0. The van der Waals surface area contributed by atoms with Crippen molar-refractivity contribution in [2.24, 2.45) is 0 Å². The molecule has 2 aliphatic carbocycles. The van der Waals surface area contributed by atoms with Gasteiger partial charge in [0.15, 0.2) is 0 Å². The zero-order valence-corrected chi connectivity index (χ0v) is 38.7. The Kier molecular flexibility index (Phi) is 16.3. The maximum absolute atomic E-state index is 5.98. The van der Waals surface area contributed by atoms with Gasteiger partial charge in [0.05, 0.1) is 0 Å². The molecule has 0 saturated heterocycles. The maximum atomic E-state index is 5.98. The molecule has 0 heterocycles. The van der Waals surface area contributed by atoms with Crippen molar-refractivity contribution in [3.05, 3.63) is 152 Å². The Labute approximate surface area is 353 Å². The zero-order valence-electron chi connectivity index (χ0n) is 33.1. The van der Waals surface area contributed by atoms with E-state index < -0.39 is 0 Å². The quantitative estimate of drug-likeness (QED) is 0.155. The molecule has 276 valence electrons. The molecule has 6 rings (SSSR count). The third-order valence-electron chi connectivity index (χ3n) is 9.05. The first kappa shape index (κ1) is 46.4. The van der Waals surface area contributed by atoms with Crippen molar-refractivity contribution in [1.82, 2.24) is 0 Å². The van der Waals surface area contributed by atoms with Crippen LogP contribution in [-0.2, 0) is 52.3 Å². The van der Waals surface area contributed by atoms with E-state index in [4.69, 9.17) is 23.2 Å². The van der Waals surface area contributed by atoms with Gasteiger partial charge < -0.3 is 0 Å².